The van der Waals surface area contributed by atoms with Crippen molar-refractivity contribution in [1.29, 1.82) is 0 Å². The van der Waals surface area contributed by atoms with Crippen molar-refractivity contribution in [3.8, 4) is 0 Å². The van der Waals surface area contributed by atoms with Gasteiger partial charge in [-0.2, -0.15) is 0 Å². The van der Waals surface area contributed by atoms with Gasteiger partial charge in [0.2, 0.25) is 5.91 Å². The molecule has 1 aromatic carbocycles. The maximum atomic E-state index is 11.7. The Morgan fingerprint density at radius 2 is 2.22 bits per heavy atom. The van der Waals surface area contributed by atoms with E-state index < -0.39 is 0 Å². The van der Waals surface area contributed by atoms with Crippen molar-refractivity contribution in [2.24, 2.45) is 0 Å². The van der Waals surface area contributed by atoms with Gasteiger partial charge in [0.05, 0.1) is 15.2 Å². The number of anilines is 1. The monoisotopic (exact) mass is 263 g/mol. The van der Waals surface area contributed by atoms with Crippen molar-refractivity contribution in [3.63, 3.8) is 0 Å². The zero-order valence-corrected chi connectivity index (χ0v) is 11.7. The van der Waals surface area contributed by atoms with Gasteiger partial charge in [-0.1, -0.05) is 0 Å². The molecule has 0 aliphatic rings. The van der Waals surface area contributed by atoms with E-state index in [-0.39, 0.29) is 5.91 Å². The molecule has 0 radical (unpaired) electrons. The molecule has 5 heteroatoms. The predicted octanol–water partition coefficient (Wildman–Crippen LogP) is 2.49. The molecule has 18 heavy (non-hydrogen) atoms. The molecular weight excluding hydrogens is 246 g/mol. The third kappa shape index (κ3) is 3.27. The Morgan fingerprint density at radius 1 is 1.44 bits per heavy atom. The number of nitrogens with zero attached hydrogens (tertiary/aromatic N) is 2. The first kappa shape index (κ1) is 13.0. The number of hydrogen-bond donors (Lipinski definition) is 1. The first-order valence-corrected chi connectivity index (χ1v) is 6.68. The van der Waals surface area contributed by atoms with E-state index >= 15 is 0 Å². The van der Waals surface area contributed by atoms with Crippen LogP contribution in [0, 0.1) is 6.92 Å². The molecule has 0 saturated heterocycles. The summed E-state index contributed by atoms with van der Waals surface area (Å²) in [6.45, 7) is 2.74. The Hall–Kier alpha value is -1.46. The molecule has 0 saturated carbocycles. The third-order valence-corrected chi connectivity index (χ3v) is 3.52. The molecule has 0 unspecified atom stereocenters. The average Bonchev–Trinajstić information content (AvgIpc) is 2.66. The zero-order chi connectivity index (χ0) is 13.1. The SMILES string of the molecule is Cc1nc2cc(NC(=O)CCN(C)C)ccc2s1. The number of benzene rings is 1. The minimum Gasteiger partial charge on any atom is -0.326 e. The van der Waals surface area contributed by atoms with Crippen LogP contribution in [-0.4, -0.2) is 36.4 Å². The Labute approximate surface area is 111 Å². The van der Waals surface area contributed by atoms with Gasteiger partial charge in [-0.3, -0.25) is 4.79 Å². The van der Waals surface area contributed by atoms with Gasteiger partial charge in [-0.15, -0.1) is 11.3 Å². The largest absolute Gasteiger partial charge is 0.326 e. The molecule has 0 atom stereocenters. The molecule has 4 nitrogen and oxygen atoms in total. The first-order valence-electron chi connectivity index (χ1n) is 5.86. The van der Waals surface area contributed by atoms with Crippen LogP contribution in [0.1, 0.15) is 11.4 Å². The van der Waals surface area contributed by atoms with Crippen molar-refractivity contribution in [2.75, 3.05) is 26.0 Å². The van der Waals surface area contributed by atoms with Crippen LogP contribution in [0.3, 0.4) is 0 Å². The van der Waals surface area contributed by atoms with Crippen molar-refractivity contribution in [3.05, 3.63) is 23.2 Å². The van der Waals surface area contributed by atoms with Crippen LogP contribution in [0.4, 0.5) is 5.69 Å². The summed E-state index contributed by atoms with van der Waals surface area (Å²) in [5.74, 6) is 0.0370. The highest BCUT2D eigenvalue weighted by atomic mass is 32.1. The van der Waals surface area contributed by atoms with Gasteiger partial charge in [0.1, 0.15) is 0 Å². The molecule has 0 spiro atoms. The topological polar surface area (TPSA) is 45.2 Å². The molecule has 1 aromatic heterocycles. The van der Waals surface area contributed by atoms with Gasteiger partial charge >= 0.3 is 0 Å². The number of aryl methyl sites for hydroxylation is 1. The molecule has 0 aliphatic carbocycles. The normalized spacial score (nSPS) is 11.1. The zero-order valence-electron chi connectivity index (χ0n) is 10.9. The number of amides is 1. The standard InChI is InChI=1S/C13H17N3OS/c1-9-14-11-8-10(4-5-12(11)18-9)15-13(17)6-7-16(2)3/h4-5,8H,6-7H2,1-3H3,(H,15,17). The highest BCUT2D eigenvalue weighted by Gasteiger charge is 2.05. The maximum Gasteiger partial charge on any atom is 0.225 e. The fourth-order valence-corrected chi connectivity index (χ4v) is 2.48. The van der Waals surface area contributed by atoms with Gasteiger partial charge in [0.15, 0.2) is 0 Å². The lowest BCUT2D eigenvalue weighted by molar-refractivity contribution is -0.116. The second kappa shape index (κ2) is 5.46. The number of hydrogen-bond acceptors (Lipinski definition) is 4. The number of aromatic nitrogens is 1. The third-order valence-electron chi connectivity index (χ3n) is 2.56. The molecule has 1 N–H and O–H groups in total. The van der Waals surface area contributed by atoms with Crippen LogP contribution in [0.15, 0.2) is 18.2 Å². The molecule has 0 bridgehead atoms. The van der Waals surface area contributed by atoms with E-state index in [0.717, 1.165) is 27.5 Å². The van der Waals surface area contributed by atoms with Gasteiger partial charge in [0, 0.05) is 18.7 Å². The summed E-state index contributed by atoms with van der Waals surface area (Å²) >= 11 is 1.66. The number of rotatable bonds is 4. The van der Waals surface area contributed by atoms with Gasteiger partial charge < -0.3 is 10.2 Å². The van der Waals surface area contributed by atoms with Crippen LogP contribution < -0.4 is 5.32 Å². The Balaban J connectivity index is 2.05. The van der Waals surface area contributed by atoms with E-state index in [1.165, 1.54) is 0 Å². The van der Waals surface area contributed by atoms with Gasteiger partial charge in [-0.05, 0) is 39.2 Å². The smallest absolute Gasteiger partial charge is 0.225 e. The number of carbonyl (C=O) groups excluding carboxylic acids is 1. The second-order valence-electron chi connectivity index (χ2n) is 4.52. The summed E-state index contributed by atoms with van der Waals surface area (Å²) < 4.78 is 1.15. The predicted molar refractivity (Wildman–Crippen MR) is 76.2 cm³/mol. The molecular formula is C13H17N3OS. The molecule has 2 rings (SSSR count). The van der Waals surface area contributed by atoms with Crippen LogP contribution in [-0.2, 0) is 4.79 Å². The van der Waals surface area contributed by atoms with Crippen LogP contribution in [0.5, 0.6) is 0 Å². The van der Waals surface area contributed by atoms with E-state index in [9.17, 15) is 4.79 Å². The maximum absolute atomic E-state index is 11.7. The quantitative estimate of drug-likeness (QED) is 0.921. The summed E-state index contributed by atoms with van der Waals surface area (Å²) in [5, 5.41) is 3.94. The summed E-state index contributed by atoms with van der Waals surface area (Å²) in [6, 6.07) is 5.85. The average molecular weight is 263 g/mol. The Bertz CT molecular complexity index is 562. The van der Waals surface area contributed by atoms with Gasteiger partial charge in [0.25, 0.3) is 0 Å². The van der Waals surface area contributed by atoms with Crippen LogP contribution in [0.2, 0.25) is 0 Å². The molecule has 2 aromatic rings. The fourth-order valence-electron chi connectivity index (χ4n) is 1.67. The lowest BCUT2D eigenvalue weighted by Gasteiger charge is -2.09. The van der Waals surface area contributed by atoms with E-state index in [0.29, 0.717) is 6.42 Å². The van der Waals surface area contributed by atoms with Crippen molar-refractivity contribution >= 4 is 33.1 Å². The summed E-state index contributed by atoms with van der Waals surface area (Å²) in [6.07, 6.45) is 0.501. The number of nitrogens with one attached hydrogen (secondary N) is 1. The van der Waals surface area contributed by atoms with Crippen molar-refractivity contribution in [2.45, 2.75) is 13.3 Å². The number of fused-ring (bicyclic) bond motifs is 1. The molecule has 0 aliphatic heterocycles. The van der Waals surface area contributed by atoms with Gasteiger partial charge in [-0.25, -0.2) is 4.98 Å². The minimum atomic E-state index is 0.0370. The summed E-state index contributed by atoms with van der Waals surface area (Å²) in [5.41, 5.74) is 1.76. The molecule has 96 valence electrons. The van der Waals surface area contributed by atoms with E-state index in [4.69, 9.17) is 0 Å². The van der Waals surface area contributed by atoms with Crippen LogP contribution >= 0.6 is 11.3 Å². The molecule has 0 fully saturated rings. The first-order chi connectivity index (χ1) is 8.54. The van der Waals surface area contributed by atoms with Crippen molar-refractivity contribution < 1.29 is 4.79 Å². The van der Waals surface area contributed by atoms with E-state index in [2.05, 4.69) is 10.3 Å². The minimum absolute atomic E-state index is 0.0370. The lowest BCUT2D eigenvalue weighted by atomic mass is 10.3. The highest BCUT2D eigenvalue weighted by molar-refractivity contribution is 7.18. The Kier molecular flexibility index (Phi) is 3.93. The van der Waals surface area contributed by atoms with Crippen LogP contribution in [0.25, 0.3) is 10.2 Å². The number of carbonyl (C=O) groups is 1. The highest BCUT2D eigenvalue weighted by Crippen LogP contribution is 2.24. The second-order valence-corrected chi connectivity index (χ2v) is 5.75. The number of thiazole rings is 1. The van der Waals surface area contributed by atoms with E-state index in [1.807, 2.05) is 44.1 Å². The van der Waals surface area contributed by atoms with Crippen molar-refractivity contribution in [1.82, 2.24) is 9.88 Å². The fraction of sp³-hybridized carbons (Fsp3) is 0.385. The molecule has 1 amide bonds. The molecule has 1 heterocycles. The Morgan fingerprint density at radius 3 is 2.94 bits per heavy atom. The lowest BCUT2D eigenvalue weighted by Crippen LogP contribution is -2.20. The van der Waals surface area contributed by atoms with E-state index in [1.54, 1.807) is 11.3 Å². The summed E-state index contributed by atoms with van der Waals surface area (Å²) in [4.78, 5) is 18.1. The summed E-state index contributed by atoms with van der Waals surface area (Å²) in [7, 11) is 3.91.